The van der Waals surface area contributed by atoms with Gasteiger partial charge in [-0.25, -0.2) is 0 Å². The lowest BCUT2D eigenvalue weighted by Gasteiger charge is -2.35. The Morgan fingerprint density at radius 2 is 1.68 bits per heavy atom. The topological polar surface area (TPSA) is 35.5 Å². The molecule has 2 atom stereocenters. The highest BCUT2D eigenvalue weighted by molar-refractivity contribution is 6.84. The fraction of sp³-hybridized carbons (Fsp3) is 0.577. The second-order valence-corrected chi connectivity index (χ2v) is 19.8. The van der Waals surface area contributed by atoms with E-state index in [1.54, 1.807) is 0 Å². The lowest BCUT2D eigenvalue weighted by Crippen LogP contribution is -2.44. The Morgan fingerprint density at radius 3 is 2.23 bits per heavy atom. The van der Waals surface area contributed by atoms with Crippen LogP contribution in [0.25, 0.3) is 0 Å². The number of ketones is 1. The molecule has 0 bridgehead atoms. The summed E-state index contributed by atoms with van der Waals surface area (Å²) in [4.78, 5) is 12.8. The number of Topliss-reactive ketones (excluding diaryl/α,β-unsaturated/α-hetero) is 1. The van der Waals surface area contributed by atoms with E-state index < -0.39 is 16.6 Å². The molecular weight excluding hydrogens is 416 g/mol. The number of carbonyl (C=O) groups excluding carboxylic acids is 1. The van der Waals surface area contributed by atoms with Crippen LogP contribution in [0.15, 0.2) is 54.5 Å². The number of carbonyl (C=O) groups is 1. The molecule has 0 saturated carbocycles. The molecule has 0 aromatic heterocycles. The molecule has 2 rings (SSSR count). The molecule has 31 heavy (non-hydrogen) atoms. The molecule has 0 fully saturated rings. The van der Waals surface area contributed by atoms with Crippen molar-refractivity contribution in [3.05, 3.63) is 54.5 Å². The van der Waals surface area contributed by atoms with Crippen molar-refractivity contribution in [3.8, 4) is 0 Å². The van der Waals surface area contributed by atoms with E-state index in [2.05, 4.69) is 97.2 Å². The summed E-state index contributed by atoms with van der Waals surface area (Å²) in [6.45, 7) is 20.1. The molecule has 1 aromatic carbocycles. The van der Waals surface area contributed by atoms with Gasteiger partial charge >= 0.3 is 0 Å². The van der Waals surface area contributed by atoms with E-state index >= 15 is 0 Å². The van der Waals surface area contributed by atoms with Gasteiger partial charge in [-0.3, -0.25) is 4.79 Å². The minimum Gasteiger partial charge on any atom is -0.549 e. The predicted octanol–water partition coefficient (Wildman–Crippen LogP) is 6.79. The molecule has 1 aliphatic rings. The van der Waals surface area contributed by atoms with Crippen LogP contribution in [0.5, 0.6) is 0 Å². The largest absolute Gasteiger partial charge is 0.549 e. The minimum atomic E-state index is -2.13. The second-order valence-electron chi connectivity index (χ2n) is 11.2. The maximum atomic E-state index is 12.8. The van der Waals surface area contributed by atoms with Crippen molar-refractivity contribution in [1.82, 2.24) is 0 Å². The third kappa shape index (κ3) is 6.94. The minimum absolute atomic E-state index is 0.139. The third-order valence-corrected chi connectivity index (χ3v) is 13.7. The summed E-state index contributed by atoms with van der Waals surface area (Å²) in [6.07, 6.45) is 7.17. The van der Waals surface area contributed by atoms with Crippen LogP contribution in [0.4, 0.5) is 0 Å². The van der Waals surface area contributed by atoms with Crippen LogP contribution in [-0.4, -0.2) is 22.4 Å². The Labute approximate surface area is 192 Å². The molecule has 0 radical (unpaired) electrons. The van der Waals surface area contributed by atoms with Crippen LogP contribution >= 0.6 is 0 Å². The first-order valence-corrected chi connectivity index (χ1v) is 17.4. The Hall–Kier alpha value is -1.60. The number of hydrogen-bond acceptors (Lipinski definition) is 3. The molecule has 0 amide bonds. The average molecular weight is 459 g/mol. The maximum Gasteiger partial charge on any atom is 0.276 e. The monoisotopic (exact) mass is 458 g/mol. The first-order chi connectivity index (χ1) is 14.2. The Kier molecular flexibility index (Phi) is 8.20. The smallest absolute Gasteiger partial charge is 0.276 e. The van der Waals surface area contributed by atoms with Crippen molar-refractivity contribution >= 4 is 27.6 Å². The summed E-state index contributed by atoms with van der Waals surface area (Å²) >= 11 is 0. The normalized spacial score (nSPS) is 21.2. The van der Waals surface area contributed by atoms with Gasteiger partial charge in [-0.05, 0) is 66.3 Å². The van der Waals surface area contributed by atoms with E-state index in [9.17, 15) is 4.79 Å². The van der Waals surface area contributed by atoms with Crippen molar-refractivity contribution in [2.45, 2.75) is 78.7 Å². The summed E-state index contributed by atoms with van der Waals surface area (Å²) in [5.74, 6) is 1.90. The quantitative estimate of drug-likeness (QED) is 0.333. The standard InChI is InChI=1S/C26H42O3Si2/c1-20(2)25-19-23(29-30(6,7)24-13-11-10-12-14-24)18-22(27)17-21(25)15-16-28-31(8,9)26(3,4)5/h10-16,19-21,25H,17-18H2,1-9H3/b16-15+/t21-,25-/m0/s1. The fourth-order valence-corrected chi connectivity index (χ4v) is 6.41. The van der Waals surface area contributed by atoms with Crippen LogP contribution in [0, 0.1) is 17.8 Å². The van der Waals surface area contributed by atoms with Gasteiger partial charge < -0.3 is 8.85 Å². The first-order valence-electron chi connectivity index (χ1n) is 11.5. The zero-order valence-electron chi connectivity index (χ0n) is 21.0. The van der Waals surface area contributed by atoms with Crippen LogP contribution in [-0.2, 0) is 13.6 Å². The number of hydrogen-bond donors (Lipinski definition) is 0. The van der Waals surface area contributed by atoms with Crippen LogP contribution in [0.2, 0.25) is 31.2 Å². The summed E-state index contributed by atoms with van der Waals surface area (Å²) in [5.41, 5.74) is 0. The van der Waals surface area contributed by atoms with Gasteiger partial charge in [0, 0.05) is 6.42 Å². The van der Waals surface area contributed by atoms with Gasteiger partial charge in [0.1, 0.15) is 5.78 Å². The van der Waals surface area contributed by atoms with Crippen molar-refractivity contribution < 1.29 is 13.6 Å². The molecule has 0 heterocycles. The highest BCUT2D eigenvalue weighted by Gasteiger charge is 2.38. The molecule has 5 heteroatoms. The van der Waals surface area contributed by atoms with E-state index in [0.717, 1.165) is 5.76 Å². The third-order valence-electron chi connectivity index (χ3n) is 6.83. The molecule has 0 saturated heterocycles. The van der Waals surface area contributed by atoms with Crippen molar-refractivity contribution in [2.75, 3.05) is 0 Å². The van der Waals surface area contributed by atoms with E-state index in [0.29, 0.717) is 18.8 Å². The highest BCUT2D eigenvalue weighted by Crippen LogP contribution is 2.38. The van der Waals surface area contributed by atoms with Gasteiger partial charge in [0.2, 0.25) is 8.32 Å². The summed E-state index contributed by atoms with van der Waals surface area (Å²) in [5, 5.41) is 1.40. The summed E-state index contributed by atoms with van der Waals surface area (Å²) < 4.78 is 12.8. The SMILES string of the molecule is CC(C)[C@@H]1C=C(O[Si](C)(C)c2ccccc2)CC(=O)C[C@@H]1/C=C/O[Si](C)(C)C(C)(C)C. The van der Waals surface area contributed by atoms with Gasteiger partial charge in [-0.15, -0.1) is 0 Å². The molecular formula is C26H42O3Si2. The number of allylic oxidation sites excluding steroid dienone is 3. The predicted molar refractivity (Wildman–Crippen MR) is 136 cm³/mol. The summed E-state index contributed by atoms with van der Waals surface area (Å²) in [6, 6.07) is 10.4. The molecule has 0 unspecified atom stereocenters. The van der Waals surface area contributed by atoms with E-state index in [1.807, 2.05) is 12.3 Å². The van der Waals surface area contributed by atoms with Crippen molar-refractivity contribution in [2.24, 2.45) is 17.8 Å². The van der Waals surface area contributed by atoms with Gasteiger partial charge in [-0.2, -0.15) is 0 Å². The van der Waals surface area contributed by atoms with Crippen LogP contribution in [0.1, 0.15) is 47.5 Å². The van der Waals surface area contributed by atoms with Crippen LogP contribution in [0.3, 0.4) is 0 Å². The highest BCUT2D eigenvalue weighted by atomic mass is 28.4. The molecule has 0 spiro atoms. The molecule has 0 aliphatic heterocycles. The number of benzene rings is 1. The first kappa shape index (κ1) is 25.7. The Balaban J connectivity index is 2.25. The zero-order valence-corrected chi connectivity index (χ0v) is 23.0. The van der Waals surface area contributed by atoms with Gasteiger partial charge in [0.25, 0.3) is 8.32 Å². The lowest BCUT2D eigenvalue weighted by molar-refractivity contribution is -0.119. The van der Waals surface area contributed by atoms with E-state index in [4.69, 9.17) is 8.85 Å². The fourth-order valence-electron chi connectivity index (χ4n) is 3.73. The van der Waals surface area contributed by atoms with Crippen molar-refractivity contribution in [1.29, 1.82) is 0 Å². The van der Waals surface area contributed by atoms with Gasteiger partial charge in [0.15, 0.2) is 0 Å². The molecule has 1 aliphatic carbocycles. The van der Waals surface area contributed by atoms with Gasteiger partial charge in [0.05, 0.1) is 18.4 Å². The molecule has 1 aromatic rings. The van der Waals surface area contributed by atoms with Crippen molar-refractivity contribution in [3.63, 3.8) is 0 Å². The lowest BCUT2D eigenvalue weighted by atomic mass is 9.81. The Bertz CT molecular complexity index is 802. The second kappa shape index (κ2) is 9.91. The Morgan fingerprint density at radius 1 is 1.06 bits per heavy atom. The maximum absolute atomic E-state index is 12.8. The summed E-state index contributed by atoms with van der Waals surface area (Å²) in [7, 11) is -3.99. The van der Waals surface area contributed by atoms with Gasteiger partial charge in [-0.1, -0.05) is 65.0 Å². The molecule has 0 N–H and O–H groups in total. The van der Waals surface area contributed by atoms with E-state index in [-0.39, 0.29) is 22.7 Å². The van der Waals surface area contributed by atoms with E-state index in [1.165, 1.54) is 5.19 Å². The number of rotatable bonds is 7. The zero-order chi connectivity index (χ0) is 23.4. The average Bonchev–Trinajstić information content (AvgIpc) is 2.79. The van der Waals surface area contributed by atoms with Crippen LogP contribution < -0.4 is 5.19 Å². The molecule has 3 nitrogen and oxygen atoms in total. The molecule has 172 valence electrons.